The van der Waals surface area contributed by atoms with E-state index in [4.69, 9.17) is 9.47 Å². The van der Waals surface area contributed by atoms with Gasteiger partial charge in [0, 0.05) is 18.3 Å². The molecule has 0 aliphatic heterocycles. The van der Waals surface area contributed by atoms with Gasteiger partial charge in [-0.1, -0.05) is 31.5 Å². The Morgan fingerprint density at radius 1 is 1.15 bits per heavy atom. The monoisotopic (exact) mass is 372 g/mol. The van der Waals surface area contributed by atoms with E-state index >= 15 is 0 Å². The number of benzene rings is 2. The van der Waals surface area contributed by atoms with Crippen LogP contribution >= 0.6 is 0 Å². The molecule has 7 heteroatoms. The summed E-state index contributed by atoms with van der Waals surface area (Å²) in [5.41, 5.74) is 0.361. The molecule has 0 saturated carbocycles. The van der Waals surface area contributed by atoms with Crippen LogP contribution in [0.1, 0.15) is 37.0 Å². The second kappa shape index (κ2) is 9.56. The Kier molecular flexibility index (Phi) is 7.16. The zero-order valence-corrected chi connectivity index (χ0v) is 15.8. The average molecular weight is 372 g/mol. The number of carbonyl (C=O) groups is 1. The second-order valence-corrected chi connectivity index (χ2v) is 5.86. The quantitative estimate of drug-likeness (QED) is 0.480. The number of nitro benzene ring substituents is 1. The van der Waals surface area contributed by atoms with Gasteiger partial charge in [-0.25, -0.2) is 0 Å². The van der Waals surface area contributed by atoms with Crippen molar-refractivity contribution in [2.45, 2.75) is 26.7 Å². The van der Waals surface area contributed by atoms with Gasteiger partial charge >= 0.3 is 0 Å². The predicted octanol–water partition coefficient (Wildman–Crippen LogP) is 4.45. The van der Waals surface area contributed by atoms with E-state index in [-0.39, 0.29) is 22.7 Å². The fraction of sp³-hybridized carbons (Fsp3) is 0.350. The molecule has 0 saturated heterocycles. The summed E-state index contributed by atoms with van der Waals surface area (Å²) in [7, 11) is 1.43. The van der Waals surface area contributed by atoms with Gasteiger partial charge in [0.15, 0.2) is 11.5 Å². The molecular formula is C20H24N2O5. The number of carbonyl (C=O) groups excluding carboxylic acids is 1. The highest BCUT2D eigenvalue weighted by Gasteiger charge is 2.28. The smallest absolute Gasteiger partial charge is 0.286 e. The molecule has 0 radical (unpaired) electrons. The van der Waals surface area contributed by atoms with E-state index in [0.717, 1.165) is 12.8 Å². The van der Waals surface area contributed by atoms with E-state index < -0.39 is 10.8 Å². The van der Waals surface area contributed by atoms with Crippen LogP contribution in [0.15, 0.2) is 42.5 Å². The summed E-state index contributed by atoms with van der Waals surface area (Å²) in [5, 5.41) is 11.6. The molecule has 0 N–H and O–H groups in total. The summed E-state index contributed by atoms with van der Waals surface area (Å²) in [5.74, 6) is 0.0834. The lowest BCUT2D eigenvalue weighted by atomic mass is 10.1. The third kappa shape index (κ3) is 4.75. The third-order valence-electron chi connectivity index (χ3n) is 4.06. The van der Waals surface area contributed by atoms with E-state index in [0.29, 0.717) is 18.8 Å². The molecule has 2 aromatic rings. The molecule has 27 heavy (non-hydrogen) atoms. The molecule has 0 bridgehead atoms. The van der Waals surface area contributed by atoms with Crippen molar-refractivity contribution in [2.24, 2.45) is 0 Å². The number of nitrogens with zero attached hydrogens (tertiary/aromatic N) is 2. The standard InChI is InChI=1S/C20H24N2O5/c1-4-6-12-21(15-10-8-7-9-11-15)20(23)16-13-18(26-3)19(27-5-2)14-17(16)22(24)25/h7-11,13-14H,4-6,12H2,1-3H3. The Hall–Kier alpha value is -3.09. The molecule has 0 unspecified atom stereocenters. The Balaban J connectivity index is 2.54. The first-order valence-corrected chi connectivity index (χ1v) is 8.89. The van der Waals surface area contributed by atoms with Gasteiger partial charge < -0.3 is 14.4 Å². The maximum atomic E-state index is 13.2. The summed E-state index contributed by atoms with van der Waals surface area (Å²) in [6, 6.07) is 11.8. The van der Waals surface area contributed by atoms with Crippen molar-refractivity contribution in [1.29, 1.82) is 0 Å². The van der Waals surface area contributed by atoms with Crippen molar-refractivity contribution >= 4 is 17.3 Å². The molecule has 0 heterocycles. The van der Waals surface area contributed by atoms with Crippen molar-refractivity contribution in [3.05, 3.63) is 58.1 Å². The zero-order chi connectivity index (χ0) is 19.8. The molecular weight excluding hydrogens is 348 g/mol. The number of amides is 1. The molecule has 144 valence electrons. The van der Waals surface area contributed by atoms with E-state index in [1.807, 2.05) is 37.3 Å². The predicted molar refractivity (Wildman–Crippen MR) is 104 cm³/mol. The molecule has 7 nitrogen and oxygen atoms in total. The highest BCUT2D eigenvalue weighted by Crippen LogP contribution is 2.36. The SMILES string of the molecule is CCCCN(C(=O)c1cc(OC)c(OCC)cc1[N+](=O)[O-])c1ccccc1. The number of para-hydroxylation sites is 1. The van der Waals surface area contributed by atoms with Gasteiger partial charge in [-0.05, 0) is 25.5 Å². The lowest BCUT2D eigenvalue weighted by Gasteiger charge is -2.23. The fourth-order valence-corrected chi connectivity index (χ4v) is 2.72. The maximum absolute atomic E-state index is 13.2. The Morgan fingerprint density at radius 3 is 2.41 bits per heavy atom. The third-order valence-corrected chi connectivity index (χ3v) is 4.06. The lowest BCUT2D eigenvalue weighted by molar-refractivity contribution is -0.385. The number of methoxy groups -OCH3 is 1. The van der Waals surface area contributed by atoms with Crippen LogP contribution in [-0.2, 0) is 0 Å². The van der Waals surface area contributed by atoms with Gasteiger partial charge in [-0.15, -0.1) is 0 Å². The molecule has 0 aliphatic carbocycles. The topological polar surface area (TPSA) is 81.9 Å². The minimum absolute atomic E-state index is 0.0275. The van der Waals surface area contributed by atoms with Gasteiger partial charge in [0.25, 0.3) is 11.6 Å². The molecule has 0 spiro atoms. The average Bonchev–Trinajstić information content (AvgIpc) is 2.68. The van der Waals surface area contributed by atoms with Gasteiger partial charge in [0.1, 0.15) is 5.56 Å². The Morgan fingerprint density at radius 2 is 1.85 bits per heavy atom. The van der Waals surface area contributed by atoms with Crippen molar-refractivity contribution in [3.63, 3.8) is 0 Å². The molecule has 2 rings (SSSR count). The van der Waals surface area contributed by atoms with Crippen molar-refractivity contribution < 1.29 is 19.2 Å². The second-order valence-electron chi connectivity index (χ2n) is 5.86. The van der Waals surface area contributed by atoms with Crippen LogP contribution in [0.2, 0.25) is 0 Å². The minimum atomic E-state index is -0.571. The van der Waals surface area contributed by atoms with Crippen LogP contribution in [-0.4, -0.2) is 31.1 Å². The number of ether oxygens (including phenoxy) is 2. The van der Waals surface area contributed by atoms with E-state index in [1.165, 1.54) is 19.2 Å². The first kappa shape index (κ1) is 20.2. The number of hydrogen-bond donors (Lipinski definition) is 0. The fourth-order valence-electron chi connectivity index (χ4n) is 2.72. The molecule has 0 atom stereocenters. The Bertz CT molecular complexity index is 792. The van der Waals surface area contributed by atoms with E-state index in [9.17, 15) is 14.9 Å². The minimum Gasteiger partial charge on any atom is -0.493 e. The van der Waals surface area contributed by atoms with Gasteiger partial charge in [-0.2, -0.15) is 0 Å². The zero-order valence-electron chi connectivity index (χ0n) is 15.8. The molecule has 1 amide bonds. The van der Waals surface area contributed by atoms with Gasteiger partial charge in [-0.3, -0.25) is 14.9 Å². The molecule has 0 fully saturated rings. The highest BCUT2D eigenvalue weighted by molar-refractivity contribution is 6.09. The molecule has 0 aromatic heterocycles. The lowest BCUT2D eigenvalue weighted by Crippen LogP contribution is -2.32. The van der Waals surface area contributed by atoms with Gasteiger partial charge in [0.05, 0.1) is 24.7 Å². The number of hydrogen-bond acceptors (Lipinski definition) is 5. The molecule has 2 aromatic carbocycles. The maximum Gasteiger partial charge on any atom is 0.286 e. The first-order chi connectivity index (χ1) is 13.0. The summed E-state index contributed by atoms with van der Waals surface area (Å²) in [4.78, 5) is 25.8. The molecule has 0 aliphatic rings. The van der Waals surface area contributed by atoms with Crippen LogP contribution in [0.25, 0.3) is 0 Å². The van der Waals surface area contributed by atoms with E-state index in [2.05, 4.69) is 0 Å². The van der Waals surface area contributed by atoms with Crippen molar-refractivity contribution in [3.8, 4) is 11.5 Å². The number of nitro groups is 1. The van der Waals surface area contributed by atoms with Crippen LogP contribution in [0.3, 0.4) is 0 Å². The normalized spacial score (nSPS) is 10.3. The summed E-state index contributed by atoms with van der Waals surface area (Å²) < 4.78 is 10.7. The first-order valence-electron chi connectivity index (χ1n) is 8.89. The van der Waals surface area contributed by atoms with Crippen LogP contribution in [0.4, 0.5) is 11.4 Å². The van der Waals surface area contributed by atoms with Crippen molar-refractivity contribution in [2.75, 3.05) is 25.2 Å². The number of unbranched alkanes of at least 4 members (excludes halogenated alkanes) is 1. The summed E-state index contributed by atoms with van der Waals surface area (Å²) >= 11 is 0. The highest BCUT2D eigenvalue weighted by atomic mass is 16.6. The number of anilines is 1. The summed E-state index contributed by atoms with van der Waals surface area (Å²) in [6.07, 6.45) is 1.67. The van der Waals surface area contributed by atoms with E-state index in [1.54, 1.807) is 11.8 Å². The van der Waals surface area contributed by atoms with Crippen LogP contribution in [0.5, 0.6) is 11.5 Å². The largest absolute Gasteiger partial charge is 0.493 e. The Labute approximate surface area is 158 Å². The van der Waals surface area contributed by atoms with Crippen molar-refractivity contribution in [1.82, 2.24) is 0 Å². The van der Waals surface area contributed by atoms with Crippen LogP contribution in [0, 0.1) is 10.1 Å². The summed E-state index contributed by atoms with van der Waals surface area (Å²) in [6.45, 7) is 4.59. The van der Waals surface area contributed by atoms with Gasteiger partial charge in [0.2, 0.25) is 0 Å². The number of rotatable bonds is 9. The van der Waals surface area contributed by atoms with Crippen LogP contribution < -0.4 is 14.4 Å².